The molecule has 11 nitrogen and oxygen atoms in total. The SMILES string of the molecule is COc1ccc([C@@H]2C[C@@]2(C)NCCS(=O)(=O)C[C@@H](NC(=O)c2ccc(F)cc2)C(=O)N2CCN(S(C)(=O)=O)CC2)cc1. The van der Waals surface area contributed by atoms with Crippen LogP contribution in [0.1, 0.15) is 35.2 Å². The Morgan fingerprint density at radius 2 is 1.64 bits per heavy atom. The highest BCUT2D eigenvalue weighted by Crippen LogP contribution is 2.51. The third-order valence-electron chi connectivity index (χ3n) is 7.85. The second-order valence-electron chi connectivity index (χ2n) is 11.0. The summed E-state index contributed by atoms with van der Waals surface area (Å²) in [6, 6.07) is 11.0. The first kappa shape index (κ1) is 31.9. The number of sulfonamides is 1. The Morgan fingerprint density at radius 3 is 2.21 bits per heavy atom. The highest BCUT2D eigenvalue weighted by molar-refractivity contribution is 7.91. The van der Waals surface area contributed by atoms with Crippen molar-refractivity contribution in [2.24, 2.45) is 0 Å². The maximum absolute atomic E-state index is 13.4. The smallest absolute Gasteiger partial charge is 0.251 e. The van der Waals surface area contributed by atoms with Gasteiger partial charge in [-0.15, -0.1) is 0 Å². The van der Waals surface area contributed by atoms with Gasteiger partial charge in [0.1, 0.15) is 17.6 Å². The van der Waals surface area contributed by atoms with Crippen LogP contribution in [-0.2, 0) is 24.7 Å². The van der Waals surface area contributed by atoms with Crippen molar-refractivity contribution in [3.8, 4) is 5.75 Å². The average Bonchev–Trinajstić information content (AvgIpc) is 3.62. The van der Waals surface area contributed by atoms with E-state index in [9.17, 15) is 30.8 Å². The average molecular weight is 625 g/mol. The van der Waals surface area contributed by atoms with Gasteiger partial charge in [0.25, 0.3) is 5.91 Å². The molecule has 1 aliphatic carbocycles. The minimum atomic E-state index is -3.83. The van der Waals surface area contributed by atoms with Gasteiger partial charge in [-0.25, -0.2) is 21.2 Å². The van der Waals surface area contributed by atoms with Crippen LogP contribution in [0.15, 0.2) is 48.5 Å². The van der Waals surface area contributed by atoms with Gasteiger partial charge in [-0.1, -0.05) is 12.1 Å². The van der Waals surface area contributed by atoms with E-state index in [-0.39, 0.29) is 55.5 Å². The lowest BCUT2D eigenvalue weighted by atomic mass is 10.1. The molecule has 1 saturated heterocycles. The van der Waals surface area contributed by atoms with Crippen LogP contribution in [0.25, 0.3) is 0 Å². The maximum Gasteiger partial charge on any atom is 0.251 e. The lowest BCUT2D eigenvalue weighted by molar-refractivity contribution is -0.133. The Kier molecular flexibility index (Phi) is 9.60. The molecule has 0 bridgehead atoms. The Balaban J connectivity index is 1.39. The molecule has 14 heteroatoms. The number of ether oxygens (including phenoxy) is 1. The van der Waals surface area contributed by atoms with Gasteiger partial charge < -0.3 is 20.3 Å². The molecule has 2 fully saturated rings. The van der Waals surface area contributed by atoms with E-state index in [0.717, 1.165) is 36.1 Å². The molecule has 2 aromatic carbocycles. The van der Waals surface area contributed by atoms with Crippen molar-refractivity contribution in [3.63, 3.8) is 0 Å². The van der Waals surface area contributed by atoms with Crippen LogP contribution in [0.2, 0.25) is 0 Å². The van der Waals surface area contributed by atoms with Crippen LogP contribution in [0, 0.1) is 5.82 Å². The number of hydrogen-bond acceptors (Lipinski definition) is 8. The van der Waals surface area contributed by atoms with Crippen LogP contribution in [0.4, 0.5) is 4.39 Å². The van der Waals surface area contributed by atoms with E-state index in [1.807, 2.05) is 31.2 Å². The molecule has 1 saturated carbocycles. The second-order valence-corrected chi connectivity index (χ2v) is 15.2. The van der Waals surface area contributed by atoms with Gasteiger partial charge in [0.15, 0.2) is 9.84 Å². The zero-order chi connectivity index (χ0) is 30.7. The van der Waals surface area contributed by atoms with Crippen LogP contribution >= 0.6 is 0 Å². The number of amides is 2. The summed E-state index contributed by atoms with van der Waals surface area (Å²) in [7, 11) is -5.66. The normalized spacial score (nSPS) is 21.9. The summed E-state index contributed by atoms with van der Waals surface area (Å²) in [6.45, 7) is 2.43. The molecular formula is C28H37FN4O7S2. The van der Waals surface area contributed by atoms with E-state index < -0.39 is 49.3 Å². The van der Waals surface area contributed by atoms with Crippen molar-refractivity contribution in [1.29, 1.82) is 0 Å². The topological polar surface area (TPSA) is 142 Å². The van der Waals surface area contributed by atoms with Gasteiger partial charge in [-0.2, -0.15) is 4.31 Å². The fraction of sp³-hybridized carbons (Fsp3) is 0.500. The van der Waals surface area contributed by atoms with Crippen molar-refractivity contribution in [3.05, 3.63) is 65.5 Å². The van der Waals surface area contributed by atoms with Crippen molar-refractivity contribution < 1.29 is 35.6 Å². The standard InChI is InChI=1S/C28H37FN4O7S2/c1-28(18-24(28)20-6-10-23(40-2)11-7-20)30-12-17-42(38,39)19-25(31-26(34)21-4-8-22(29)9-5-21)27(35)32-13-15-33(16-14-32)41(3,36)37/h4-11,24-25,30H,12-19H2,1-3H3,(H,31,34)/t24-,25+,28+/m0/s1. The number of nitrogens with one attached hydrogen (secondary N) is 2. The fourth-order valence-electron chi connectivity index (χ4n) is 5.19. The number of nitrogens with zero attached hydrogens (tertiary/aromatic N) is 2. The zero-order valence-corrected chi connectivity index (χ0v) is 25.5. The quantitative estimate of drug-likeness (QED) is 0.356. The molecule has 3 atom stereocenters. The highest BCUT2D eigenvalue weighted by Gasteiger charge is 2.50. The van der Waals surface area contributed by atoms with E-state index in [4.69, 9.17) is 4.74 Å². The lowest BCUT2D eigenvalue weighted by Gasteiger charge is -2.35. The minimum Gasteiger partial charge on any atom is -0.497 e. The molecule has 2 aliphatic rings. The molecule has 1 aliphatic heterocycles. The summed E-state index contributed by atoms with van der Waals surface area (Å²) < 4.78 is 69.9. The predicted octanol–water partition coefficient (Wildman–Crippen LogP) is 0.987. The molecule has 0 unspecified atom stereocenters. The van der Waals surface area contributed by atoms with E-state index in [0.29, 0.717) is 0 Å². The van der Waals surface area contributed by atoms with Crippen molar-refractivity contribution in [1.82, 2.24) is 19.8 Å². The number of sulfone groups is 1. The van der Waals surface area contributed by atoms with Crippen molar-refractivity contribution in [2.75, 3.05) is 57.6 Å². The number of carbonyl (C=O) groups is 2. The van der Waals surface area contributed by atoms with Gasteiger partial charge in [-0.3, -0.25) is 9.59 Å². The van der Waals surface area contributed by atoms with Crippen LogP contribution in [-0.4, -0.2) is 107 Å². The third-order valence-corrected chi connectivity index (χ3v) is 10.8. The molecule has 0 aromatic heterocycles. The Labute approximate surface area is 246 Å². The van der Waals surface area contributed by atoms with E-state index >= 15 is 0 Å². The summed E-state index contributed by atoms with van der Waals surface area (Å²) in [6.07, 6.45) is 1.92. The third kappa shape index (κ3) is 8.06. The van der Waals surface area contributed by atoms with Gasteiger partial charge in [0.05, 0.1) is 24.9 Å². The fourth-order valence-corrected chi connectivity index (χ4v) is 7.33. The minimum absolute atomic E-state index is 0.0571. The first-order chi connectivity index (χ1) is 19.7. The largest absolute Gasteiger partial charge is 0.497 e. The lowest BCUT2D eigenvalue weighted by Crippen LogP contribution is -2.57. The molecule has 1 heterocycles. The predicted molar refractivity (Wildman–Crippen MR) is 156 cm³/mol. The summed E-state index contributed by atoms with van der Waals surface area (Å²) in [5.41, 5.74) is 0.926. The molecule has 2 amide bonds. The number of rotatable bonds is 12. The van der Waals surface area contributed by atoms with E-state index in [2.05, 4.69) is 10.6 Å². The number of carbonyl (C=O) groups excluding carboxylic acids is 2. The number of methoxy groups -OCH3 is 1. The van der Waals surface area contributed by atoms with E-state index in [1.165, 1.54) is 21.3 Å². The number of piperazine rings is 1. The van der Waals surface area contributed by atoms with Gasteiger partial charge in [-0.05, 0) is 55.3 Å². The first-order valence-electron chi connectivity index (χ1n) is 13.6. The Morgan fingerprint density at radius 1 is 1.02 bits per heavy atom. The van der Waals surface area contributed by atoms with Crippen molar-refractivity contribution in [2.45, 2.75) is 30.8 Å². The van der Waals surface area contributed by atoms with Gasteiger partial charge in [0, 0.05) is 49.7 Å². The number of benzene rings is 2. The molecule has 2 N–H and O–H groups in total. The summed E-state index contributed by atoms with van der Waals surface area (Å²) in [5, 5.41) is 5.84. The highest BCUT2D eigenvalue weighted by atomic mass is 32.2. The van der Waals surface area contributed by atoms with E-state index in [1.54, 1.807) is 7.11 Å². The molecule has 0 radical (unpaired) electrons. The monoisotopic (exact) mass is 624 g/mol. The maximum atomic E-state index is 13.4. The summed E-state index contributed by atoms with van der Waals surface area (Å²) >= 11 is 0. The van der Waals surface area contributed by atoms with Crippen LogP contribution < -0.4 is 15.4 Å². The van der Waals surface area contributed by atoms with Gasteiger partial charge >= 0.3 is 0 Å². The number of hydrogen-bond donors (Lipinski definition) is 2. The molecule has 4 rings (SSSR count). The summed E-state index contributed by atoms with van der Waals surface area (Å²) in [5.74, 6) is -1.79. The molecule has 230 valence electrons. The Hall–Kier alpha value is -3.07. The first-order valence-corrected chi connectivity index (χ1v) is 17.3. The summed E-state index contributed by atoms with van der Waals surface area (Å²) in [4.78, 5) is 27.7. The van der Waals surface area contributed by atoms with Crippen molar-refractivity contribution >= 4 is 31.7 Å². The molecular weight excluding hydrogens is 587 g/mol. The molecule has 2 aromatic rings. The molecule has 42 heavy (non-hydrogen) atoms. The second kappa shape index (κ2) is 12.7. The van der Waals surface area contributed by atoms with Gasteiger partial charge in [0.2, 0.25) is 15.9 Å². The van der Waals surface area contributed by atoms with Crippen LogP contribution in [0.3, 0.4) is 0 Å². The molecule has 0 spiro atoms. The Bertz CT molecular complexity index is 1490. The van der Waals surface area contributed by atoms with Crippen LogP contribution in [0.5, 0.6) is 5.75 Å². The zero-order valence-electron chi connectivity index (χ0n) is 23.9. The number of halogens is 1.